The van der Waals surface area contributed by atoms with Crippen molar-refractivity contribution >= 4 is 11.8 Å². The Labute approximate surface area is 297 Å². The van der Waals surface area contributed by atoms with Gasteiger partial charge in [0.2, 0.25) is 0 Å². The van der Waals surface area contributed by atoms with E-state index in [1.54, 1.807) is 0 Å². The second kappa shape index (κ2) is 11.6. The Morgan fingerprint density at radius 3 is 1.40 bits per heavy atom. The molecule has 2 heteroatoms. The summed E-state index contributed by atoms with van der Waals surface area (Å²) in [5.41, 5.74) is 16.9. The molecule has 0 spiro atoms. The molecule has 1 aromatic heterocycles. The lowest BCUT2D eigenvalue weighted by Crippen LogP contribution is -2.34. The number of pyridine rings is 1. The minimum absolute atomic E-state index is 0.526. The normalized spacial score (nSPS) is 13.3. The van der Waals surface area contributed by atoms with E-state index in [1.807, 2.05) is 24.2 Å². The molecule has 0 saturated carbocycles. The standard InChI is InChI=1S/C48H31NS/c1-2-17-37-36(16-1)38-18-3-4-20-40(38)42-27-26-33(30-43(42)41-21-6-5-19-39(37)41)32-13-11-14-34(29-32)48(35-15-12-28-49-31-35)44-22-7-9-24-46(44)50-47-25-10-8-23-45(47)48/h1-31H. The van der Waals surface area contributed by atoms with Crippen LogP contribution < -0.4 is 0 Å². The lowest BCUT2D eigenvalue weighted by Gasteiger charge is -2.41. The molecular formula is C48H31NS. The van der Waals surface area contributed by atoms with Gasteiger partial charge in [-0.3, -0.25) is 4.98 Å². The quantitative estimate of drug-likeness (QED) is 0.188. The third kappa shape index (κ3) is 4.32. The minimum atomic E-state index is -0.526. The first kappa shape index (κ1) is 29.0. The Bertz CT molecular complexity index is 2530. The number of benzene rings is 7. The molecule has 234 valence electrons. The summed E-state index contributed by atoms with van der Waals surface area (Å²) >= 11 is 1.86. The molecule has 0 amide bonds. The van der Waals surface area contributed by atoms with Gasteiger partial charge in [-0.15, -0.1) is 0 Å². The summed E-state index contributed by atoms with van der Waals surface area (Å²) in [6.07, 6.45) is 3.92. The predicted molar refractivity (Wildman–Crippen MR) is 207 cm³/mol. The van der Waals surface area contributed by atoms with E-state index in [1.165, 1.54) is 87.7 Å². The van der Waals surface area contributed by atoms with Crippen molar-refractivity contribution in [3.63, 3.8) is 0 Å². The zero-order valence-corrected chi connectivity index (χ0v) is 28.1. The Kier molecular flexibility index (Phi) is 6.72. The van der Waals surface area contributed by atoms with Crippen LogP contribution in [0.4, 0.5) is 0 Å². The maximum atomic E-state index is 4.67. The average Bonchev–Trinajstić information content (AvgIpc) is 3.19. The molecule has 8 aromatic rings. The number of nitrogens with zero attached hydrogens (tertiary/aromatic N) is 1. The van der Waals surface area contributed by atoms with E-state index in [-0.39, 0.29) is 0 Å². The molecular weight excluding hydrogens is 623 g/mol. The Morgan fingerprint density at radius 2 is 0.840 bits per heavy atom. The van der Waals surface area contributed by atoms with E-state index >= 15 is 0 Å². The fourth-order valence-corrected chi connectivity index (χ4v) is 9.53. The topological polar surface area (TPSA) is 12.9 Å². The van der Waals surface area contributed by atoms with Crippen LogP contribution >= 0.6 is 11.8 Å². The first-order valence-electron chi connectivity index (χ1n) is 17.1. The number of aromatic nitrogens is 1. The molecule has 0 N–H and O–H groups in total. The Hall–Kier alpha value is -5.96. The molecule has 0 fully saturated rings. The van der Waals surface area contributed by atoms with Gasteiger partial charge >= 0.3 is 0 Å². The monoisotopic (exact) mass is 653 g/mol. The first-order chi connectivity index (χ1) is 24.8. The van der Waals surface area contributed by atoms with Crippen LogP contribution in [0.15, 0.2) is 198 Å². The van der Waals surface area contributed by atoms with Gasteiger partial charge in [0.1, 0.15) is 0 Å². The van der Waals surface area contributed by atoms with E-state index in [0.29, 0.717) is 0 Å². The highest BCUT2D eigenvalue weighted by atomic mass is 32.2. The number of hydrogen-bond donors (Lipinski definition) is 0. The van der Waals surface area contributed by atoms with E-state index in [4.69, 9.17) is 0 Å². The summed E-state index contributed by atoms with van der Waals surface area (Å²) in [5, 5.41) is 0. The zero-order chi connectivity index (χ0) is 33.1. The number of fused-ring (bicyclic) bond motifs is 10. The van der Waals surface area contributed by atoms with Crippen LogP contribution in [-0.4, -0.2) is 4.98 Å². The molecule has 50 heavy (non-hydrogen) atoms. The van der Waals surface area contributed by atoms with Crippen LogP contribution in [0.25, 0.3) is 55.6 Å². The molecule has 0 radical (unpaired) electrons. The summed E-state index contributed by atoms with van der Waals surface area (Å²) in [6, 6.07) is 64.9. The van der Waals surface area contributed by atoms with Crippen molar-refractivity contribution in [2.24, 2.45) is 0 Å². The minimum Gasteiger partial charge on any atom is -0.264 e. The highest BCUT2D eigenvalue weighted by Crippen LogP contribution is 2.56. The van der Waals surface area contributed by atoms with Crippen molar-refractivity contribution in [1.29, 1.82) is 0 Å². The maximum Gasteiger partial charge on any atom is 0.0738 e. The van der Waals surface area contributed by atoms with Crippen LogP contribution in [0.3, 0.4) is 0 Å². The van der Waals surface area contributed by atoms with Gasteiger partial charge < -0.3 is 0 Å². The van der Waals surface area contributed by atoms with Crippen molar-refractivity contribution in [2.45, 2.75) is 15.2 Å². The molecule has 1 aliphatic carbocycles. The molecule has 10 rings (SSSR count). The van der Waals surface area contributed by atoms with Crippen LogP contribution in [-0.2, 0) is 5.41 Å². The second-order valence-corrected chi connectivity index (χ2v) is 14.1. The van der Waals surface area contributed by atoms with Gasteiger partial charge in [-0.2, -0.15) is 0 Å². The van der Waals surface area contributed by atoms with E-state index < -0.39 is 5.41 Å². The highest BCUT2D eigenvalue weighted by molar-refractivity contribution is 7.99. The predicted octanol–water partition coefficient (Wildman–Crippen LogP) is 12.6. The van der Waals surface area contributed by atoms with Gasteiger partial charge in [-0.1, -0.05) is 157 Å². The van der Waals surface area contributed by atoms with Crippen LogP contribution in [0, 0.1) is 0 Å². The fourth-order valence-electron chi connectivity index (χ4n) is 8.34. The summed E-state index contributed by atoms with van der Waals surface area (Å²) in [5.74, 6) is 0. The van der Waals surface area contributed by atoms with Gasteiger partial charge in [-0.05, 0) is 108 Å². The lowest BCUT2D eigenvalue weighted by molar-refractivity contribution is 0.699. The van der Waals surface area contributed by atoms with E-state index in [9.17, 15) is 0 Å². The average molecular weight is 654 g/mol. The van der Waals surface area contributed by atoms with Gasteiger partial charge in [-0.25, -0.2) is 0 Å². The fraction of sp³-hybridized carbons (Fsp3) is 0.0208. The molecule has 0 bridgehead atoms. The molecule has 1 aliphatic heterocycles. The molecule has 0 atom stereocenters. The summed E-state index contributed by atoms with van der Waals surface area (Å²) < 4.78 is 0. The highest BCUT2D eigenvalue weighted by Gasteiger charge is 2.44. The number of hydrogen-bond acceptors (Lipinski definition) is 2. The van der Waals surface area contributed by atoms with Gasteiger partial charge in [0.25, 0.3) is 0 Å². The molecule has 2 aliphatic rings. The zero-order valence-electron chi connectivity index (χ0n) is 27.3. The molecule has 1 nitrogen and oxygen atoms in total. The molecule has 7 aromatic carbocycles. The second-order valence-electron chi connectivity index (χ2n) is 13.1. The third-order valence-corrected chi connectivity index (χ3v) is 11.6. The van der Waals surface area contributed by atoms with Crippen molar-refractivity contribution in [2.75, 3.05) is 0 Å². The maximum absolute atomic E-state index is 4.67. The third-order valence-electron chi connectivity index (χ3n) is 10.5. The molecule has 0 unspecified atom stereocenters. The van der Waals surface area contributed by atoms with Crippen LogP contribution in [0.5, 0.6) is 0 Å². The Balaban J connectivity index is 1.22. The van der Waals surface area contributed by atoms with Crippen molar-refractivity contribution in [3.8, 4) is 55.6 Å². The summed E-state index contributed by atoms with van der Waals surface area (Å²) in [7, 11) is 0. The van der Waals surface area contributed by atoms with Crippen molar-refractivity contribution in [3.05, 3.63) is 211 Å². The number of rotatable bonds is 3. The van der Waals surface area contributed by atoms with Gasteiger partial charge in [0.15, 0.2) is 0 Å². The van der Waals surface area contributed by atoms with Crippen molar-refractivity contribution < 1.29 is 0 Å². The largest absolute Gasteiger partial charge is 0.264 e. The molecule has 2 heterocycles. The summed E-state index contributed by atoms with van der Waals surface area (Å²) in [6.45, 7) is 0. The van der Waals surface area contributed by atoms with Crippen LogP contribution in [0.2, 0.25) is 0 Å². The SMILES string of the molecule is c1cncc(C2(c3cccc(-c4ccc5c(c4)-c4ccccc4-c4ccccc4-c4ccccc4-5)c3)c3ccccc3Sc3ccccc32)c1. The molecule has 0 saturated heterocycles. The van der Waals surface area contributed by atoms with E-state index in [2.05, 4.69) is 181 Å². The van der Waals surface area contributed by atoms with Crippen LogP contribution in [0.1, 0.15) is 22.3 Å². The van der Waals surface area contributed by atoms with E-state index in [0.717, 1.165) is 0 Å². The van der Waals surface area contributed by atoms with Crippen molar-refractivity contribution in [1.82, 2.24) is 4.98 Å². The Morgan fingerprint density at radius 1 is 0.360 bits per heavy atom. The summed E-state index contributed by atoms with van der Waals surface area (Å²) in [4.78, 5) is 7.22. The lowest BCUT2D eigenvalue weighted by atomic mass is 9.65. The van der Waals surface area contributed by atoms with Gasteiger partial charge in [0, 0.05) is 22.2 Å². The first-order valence-corrected chi connectivity index (χ1v) is 17.9. The smallest absolute Gasteiger partial charge is 0.0738 e. The van der Waals surface area contributed by atoms with Gasteiger partial charge in [0.05, 0.1) is 5.41 Å².